The van der Waals surface area contributed by atoms with Gasteiger partial charge in [0.25, 0.3) is 0 Å². The summed E-state index contributed by atoms with van der Waals surface area (Å²) in [5.74, 6) is 0.784. The lowest BCUT2D eigenvalue weighted by atomic mass is 10.2. The minimum absolute atomic E-state index is 0.499. The first kappa shape index (κ1) is 13.3. The van der Waals surface area contributed by atoms with Crippen molar-refractivity contribution in [2.24, 2.45) is 0 Å². The maximum Gasteiger partial charge on any atom is 0.102 e. The molecular formula is C14H9Cl2NS. The highest BCUT2D eigenvalue weighted by molar-refractivity contribution is 7.98. The molecular weight excluding hydrogens is 285 g/mol. The van der Waals surface area contributed by atoms with Gasteiger partial charge in [0.1, 0.15) is 6.07 Å². The van der Waals surface area contributed by atoms with Crippen molar-refractivity contribution in [1.82, 2.24) is 0 Å². The molecule has 0 amide bonds. The summed E-state index contributed by atoms with van der Waals surface area (Å²) in [6, 6.07) is 15.3. The zero-order valence-electron chi connectivity index (χ0n) is 9.36. The molecule has 0 atom stereocenters. The first-order chi connectivity index (χ1) is 8.70. The molecule has 1 nitrogen and oxygen atoms in total. The van der Waals surface area contributed by atoms with Crippen molar-refractivity contribution in [2.75, 3.05) is 0 Å². The zero-order chi connectivity index (χ0) is 13.0. The van der Waals surface area contributed by atoms with E-state index in [1.54, 1.807) is 17.8 Å². The molecule has 0 bridgehead atoms. The van der Waals surface area contributed by atoms with Gasteiger partial charge in [0.05, 0.1) is 10.6 Å². The van der Waals surface area contributed by atoms with Gasteiger partial charge in [-0.1, -0.05) is 41.4 Å². The molecule has 0 saturated carbocycles. The molecule has 90 valence electrons. The van der Waals surface area contributed by atoms with Crippen molar-refractivity contribution in [3.05, 3.63) is 63.6 Å². The second-order valence-electron chi connectivity index (χ2n) is 3.64. The van der Waals surface area contributed by atoms with Crippen LogP contribution in [0, 0.1) is 11.3 Å². The third-order valence-electron chi connectivity index (χ3n) is 2.39. The molecule has 0 aliphatic heterocycles. The predicted octanol–water partition coefficient (Wildman–Crippen LogP) is 5.16. The first-order valence-corrected chi connectivity index (χ1v) is 7.00. The second-order valence-corrected chi connectivity index (χ2v) is 5.50. The second kappa shape index (κ2) is 6.15. The van der Waals surface area contributed by atoms with Crippen molar-refractivity contribution in [3.8, 4) is 6.07 Å². The van der Waals surface area contributed by atoms with Crippen LogP contribution in [-0.2, 0) is 5.75 Å². The summed E-state index contributed by atoms with van der Waals surface area (Å²) >= 11 is 13.4. The molecule has 0 heterocycles. The summed E-state index contributed by atoms with van der Waals surface area (Å²) in [6.45, 7) is 0. The van der Waals surface area contributed by atoms with E-state index in [-0.39, 0.29) is 0 Å². The Kier molecular flexibility index (Phi) is 4.54. The van der Waals surface area contributed by atoms with Gasteiger partial charge >= 0.3 is 0 Å². The minimum atomic E-state index is 0.499. The van der Waals surface area contributed by atoms with Crippen molar-refractivity contribution in [2.45, 2.75) is 10.6 Å². The monoisotopic (exact) mass is 293 g/mol. The van der Waals surface area contributed by atoms with Gasteiger partial charge in [0.15, 0.2) is 0 Å². The van der Waals surface area contributed by atoms with Crippen molar-refractivity contribution in [3.63, 3.8) is 0 Å². The van der Waals surface area contributed by atoms with Gasteiger partial charge in [-0.15, -0.1) is 11.8 Å². The lowest BCUT2D eigenvalue weighted by Crippen LogP contribution is -1.85. The lowest BCUT2D eigenvalue weighted by Gasteiger charge is -2.05. The van der Waals surface area contributed by atoms with Gasteiger partial charge in [-0.3, -0.25) is 0 Å². The number of hydrogen-bond donors (Lipinski definition) is 0. The molecule has 2 aromatic carbocycles. The number of rotatable bonds is 3. The Bertz CT molecular complexity index is 588. The highest BCUT2D eigenvalue weighted by Gasteiger charge is 2.06. The minimum Gasteiger partial charge on any atom is -0.192 e. The van der Waals surface area contributed by atoms with Gasteiger partial charge < -0.3 is 0 Å². The number of benzene rings is 2. The molecule has 2 rings (SSSR count). The molecule has 0 N–H and O–H groups in total. The molecule has 18 heavy (non-hydrogen) atoms. The van der Waals surface area contributed by atoms with Crippen LogP contribution in [-0.4, -0.2) is 0 Å². The van der Waals surface area contributed by atoms with E-state index in [9.17, 15) is 0 Å². The van der Waals surface area contributed by atoms with Crippen LogP contribution < -0.4 is 0 Å². The van der Waals surface area contributed by atoms with Gasteiger partial charge in [-0.25, -0.2) is 0 Å². The highest BCUT2D eigenvalue weighted by atomic mass is 35.5. The molecule has 0 radical (unpaired) electrons. The average Bonchev–Trinajstić information content (AvgIpc) is 2.38. The van der Waals surface area contributed by atoms with E-state index in [4.69, 9.17) is 28.5 Å². The highest BCUT2D eigenvalue weighted by Crippen LogP contribution is 2.30. The number of thioether (sulfide) groups is 1. The molecule has 0 unspecified atom stereocenters. The molecule has 0 saturated heterocycles. The number of hydrogen-bond acceptors (Lipinski definition) is 2. The van der Waals surface area contributed by atoms with Crippen LogP contribution in [0.2, 0.25) is 10.0 Å². The maximum absolute atomic E-state index is 9.07. The maximum atomic E-state index is 9.07. The van der Waals surface area contributed by atoms with E-state index in [1.807, 2.05) is 36.4 Å². The topological polar surface area (TPSA) is 23.8 Å². The summed E-state index contributed by atoms with van der Waals surface area (Å²) in [5.41, 5.74) is 1.70. The Balaban J connectivity index is 2.14. The van der Waals surface area contributed by atoms with E-state index < -0.39 is 0 Å². The fourth-order valence-corrected chi connectivity index (χ4v) is 2.86. The third kappa shape index (κ3) is 3.20. The Morgan fingerprint density at radius 2 is 1.78 bits per heavy atom. The average molecular weight is 294 g/mol. The Morgan fingerprint density at radius 3 is 2.44 bits per heavy atom. The van der Waals surface area contributed by atoms with Crippen LogP contribution in [0.3, 0.4) is 0 Å². The van der Waals surface area contributed by atoms with Crippen molar-refractivity contribution < 1.29 is 0 Å². The number of nitrogens with zero attached hydrogens (tertiary/aromatic N) is 1. The zero-order valence-corrected chi connectivity index (χ0v) is 11.7. The van der Waals surface area contributed by atoms with Gasteiger partial charge in [-0.2, -0.15) is 5.26 Å². The molecule has 0 aliphatic rings. The standard InChI is InChI=1S/C14H9Cl2NS/c15-11-6-4-10(5-7-11)9-18-14-3-1-2-13(16)12(14)8-17/h1-7H,9H2. The summed E-state index contributed by atoms with van der Waals surface area (Å²) in [5, 5.41) is 10.3. The number of halogens is 2. The van der Waals surface area contributed by atoms with Crippen LogP contribution in [0.25, 0.3) is 0 Å². The van der Waals surface area contributed by atoms with Gasteiger partial charge in [0, 0.05) is 15.7 Å². The van der Waals surface area contributed by atoms with Crippen LogP contribution in [0.1, 0.15) is 11.1 Å². The molecule has 4 heteroatoms. The molecule has 0 fully saturated rings. The SMILES string of the molecule is N#Cc1c(Cl)cccc1SCc1ccc(Cl)cc1. The van der Waals surface area contributed by atoms with E-state index in [0.717, 1.165) is 21.2 Å². The fourth-order valence-electron chi connectivity index (χ4n) is 1.47. The Hall–Kier alpha value is -1.14. The quantitative estimate of drug-likeness (QED) is 0.730. The lowest BCUT2D eigenvalue weighted by molar-refractivity contribution is 1.34. The fraction of sp³-hybridized carbons (Fsp3) is 0.0714. The molecule has 0 spiro atoms. The van der Waals surface area contributed by atoms with Crippen molar-refractivity contribution in [1.29, 1.82) is 5.26 Å². The number of nitriles is 1. The normalized spacial score (nSPS) is 10.1. The predicted molar refractivity (Wildman–Crippen MR) is 77.2 cm³/mol. The summed E-state index contributed by atoms with van der Waals surface area (Å²) in [7, 11) is 0. The Morgan fingerprint density at radius 1 is 1.06 bits per heavy atom. The van der Waals surface area contributed by atoms with E-state index in [1.165, 1.54) is 0 Å². The Labute approximate surface area is 120 Å². The van der Waals surface area contributed by atoms with Gasteiger partial charge in [0.2, 0.25) is 0 Å². The van der Waals surface area contributed by atoms with Crippen LogP contribution in [0.15, 0.2) is 47.4 Å². The van der Waals surface area contributed by atoms with Crippen LogP contribution in [0.4, 0.5) is 0 Å². The van der Waals surface area contributed by atoms with E-state index in [2.05, 4.69) is 6.07 Å². The van der Waals surface area contributed by atoms with E-state index in [0.29, 0.717) is 10.6 Å². The first-order valence-electron chi connectivity index (χ1n) is 5.26. The molecule has 2 aromatic rings. The largest absolute Gasteiger partial charge is 0.192 e. The summed E-state index contributed by atoms with van der Waals surface area (Å²) in [4.78, 5) is 0.903. The summed E-state index contributed by atoms with van der Waals surface area (Å²) < 4.78 is 0. The van der Waals surface area contributed by atoms with Crippen LogP contribution in [0.5, 0.6) is 0 Å². The van der Waals surface area contributed by atoms with Crippen LogP contribution >= 0.6 is 35.0 Å². The van der Waals surface area contributed by atoms with Gasteiger partial charge in [-0.05, 0) is 29.8 Å². The van der Waals surface area contributed by atoms with Crippen molar-refractivity contribution >= 4 is 35.0 Å². The molecule has 0 aromatic heterocycles. The third-order valence-corrected chi connectivity index (χ3v) is 4.09. The molecule has 0 aliphatic carbocycles. The summed E-state index contributed by atoms with van der Waals surface area (Å²) in [6.07, 6.45) is 0. The smallest absolute Gasteiger partial charge is 0.102 e. The van der Waals surface area contributed by atoms with E-state index >= 15 is 0 Å².